The van der Waals surface area contributed by atoms with Crippen LogP contribution in [0, 0.1) is 17.3 Å². The Morgan fingerprint density at radius 2 is 1.80 bits per heavy atom. The third-order valence-corrected chi connectivity index (χ3v) is 5.09. The van der Waals surface area contributed by atoms with Gasteiger partial charge in [-0.15, -0.1) is 0 Å². The Hall–Kier alpha value is -0.780. The zero-order valence-electron chi connectivity index (χ0n) is 9.74. The molecule has 2 unspecified atom stereocenters. The molecule has 0 aliphatic heterocycles. The second-order valence-electron chi connectivity index (χ2n) is 5.96. The summed E-state index contributed by atoms with van der Waals surface area (Å²) in [6, 6.07) is 11.1. The van der Waals surface area contributed by atoms with Crippen LogP contribution in [0.5, 0.6) is 0 Å². The molecule has 0 spiro atoms. The maximum absolute atomic E-state index is 2.47. The summed E-state index contributed by atoms with van der Waals surface area (Å²) < 4.78 is 0. The first kappa shape index (κ1) is 9.45. The van der Waals surface area contributed by atoms with Gasteiger partial charge in [0.2, 0.25) is 0 Å². The smallest absolute Gasteiger partial charge is 0.0128 e. The third kappa shape index (κ3) is 1.27. The van der Waals surface area contributed by atoms with Crippen molar-refractivity contribution in [2.24, 2.45) is 17.3 Å². The average molecular weight is 200 g/mol. The molecule has 0 radical (unpaired) electrons. The van der Waals surface area contributed by atoms with Gasteiger partial charge in [-0.05, 0) is 48.0 Å². The predicted molar refractivity (Wildman–Crippen MR) is 63.8 cm³/mol. The molecule has 0 heterocycles. The second-order valence-corrected chi connectivity index (χ2v) is 5.96. The van der Waals surface area contributed by atoms with Gasteiger partial charge < -0.3 is 0 Å². The number of fused-ring (bicyclic) bond motifs is 2. The molecule has 15 heavy (non-hydrogen) atoms. The Morgan fingerprint density at radius 1 is 1.07 bits per heavy atom. The zero-order valence-corrected chi connectivity index (χ0v) is 9.74. The van der Waals surface area contributed by atoms with E-state index in [0.29, 0.717) is 5.41 Å². The number of rotatable bonds is 1. The van der Waals surface area contributed by atoms with Crippen LogP contribution in [0.4, 0.5) is 0 Å². The van der Waals surface area contributed by atoms with Crippen molar-refractivity contribution in [3.05, 3.63) is 35.9 Å². The molecule has 3 atom stereocenters. The highest BCUT2D eigenvalue weighted by Gasteiger charge is 2.54. The summed E-state index contributed by atoms with van der Waals surface area (Å²) in [4.78, 5) is 0. The molecule has 0 nitrogen and oxygen atoms in total. The molecular weight excluding hydrogens is 180 g/mol. The van der Waals surface area contributed by atoms with Gasteiger partial charge in [0.05, 0.1) is 0 Å². The molecule has 3 aliphatic rings. The van der Waals surface area contributed by atoms with Crippen molar-refractivity contribution in [2.75, 3.05) is 0 Å². The minimum Gasteiger partial charge on any atom is -0.0622 e. The van der Waals surface area contributed by atoms with Gasteiger partial charge in [-0.1, -0.05) is 44.2 Å². The van der Waals surface area contributed by atoms with E-state index in [2.05, 4.69) is 44.2 Å². The van der Waals surface area contributed by atoms with Crippen molar-refractivity contribution in [1.29, 1.82) is 0 Å². The maximum atomic E-state index is 2.47. The molecular formula is C15H20. The summed E-state index contributed by atoms with van der Waals surface area (Å²) in [6.07, 6.45) is 4.35. The predicted octanol–water partition coefficient (Wildman–Crippen LogP) is 4.23. The van der Waals surface area contributed by atoms with Crippen LogP contribution in [-0.2, 0) is 0 Å². The lowest BCUT2D eigenvalue weighted by Crippen LogP contribution is -2.51. The summed E-state index contributed by atoms with van der Waals surface area (Å²) in [7, 11) is 0. The molecule has 1 aromatic carbocycles. The molecule has 2 bridgehead atoms. The van der Waals surface area contributed by atoms with E-state index in [1.807, 2.05) is 0 Å². The van der Waals surface area contributed by atoms with E-state index < -0.39 is 0 Å². The second kappa shape index (κ2) is 3.10. The van der Waals surface area contributed by atoms with Crippen LogP contribution in [-0.4, -0.2) is 0 Å². The van der Waals surface area contributed by atoms with Crippen LogP contribution in [0.15, 0.2) is 30.3 Å². The standard InChI is InChI=1S/C15H20/c1-15(2)12-8-9-13(14(15)10-12)11-6-4-3-5-7-11/h3-7,12-14H,8-10H2,1-2H3/t12?,13-,14?/m1/s1. The Kier molecular flexibility index (Phi) is 1.95. The fraction of sp³-hybridized carbons (Fsp3) is 0.600. The molecule has 0 saturated heterocycles. The summed E-state index contributed by atoms with van der Waals surface area (Å²) >= 11 is 0. The van der Waals surface area contributed by atoms with E-state index in [4.69, 9.17) is 0 Å². The first-order valence-corrected chi connectivity index (χ1v) is 6.24. The van der Waals surface area contributed by atoms with Crippen molar-refractivity contribution < 1.29 is 0 Å². The van der Waals surface area contributed by atoms with Crippen molar-refractivity contribution >= 4 is 0 Å². The van der Waals surface area contributed by atoms with Gasteiger partial charge in [0.15, 0.2) is 0 Å². The first-order valence-electron chi connectivity index (χ1n) is 6.24. The van der Waals surface area contributed by atoms with E-state index in [-0.39, 0.29) is 0 Å². The van der Waals surface area contributed by atoms with Gasteiger partial charge in [-0.25, -0.2) is 0 Å². The van der Waals surface area contributed by atoms with Crippen LogP contribution in [0.25, 0.3) is 0 Å². The minimum absolute atomic E-state index is 0.610. The summed E-state index contributed by atoms with van der Waals surface area (Å²) in [5, 5.41) is 0. The monoisotopic (exact) mass is 200 g/mol. The van der Waals surface area contributed by atoms with Crippen molar-refractivity contribution in [3.8, 4) is 0 Å². The summed E-state index contributed by atoms with van der Waals surface area (Å²) in [5.74, 6) is 2.80. The lowest BCUT2D eigenvalue weighted by molar-refractivity contribution is -0.0805. The van der Waals surface area contributed by atoms with Crippen LogP contribution in [0.1, 0.15) is 44.6 Å². The zero-order chi connectivity index (χ0) is 10.5. The molecule has 0 heteroatoms. The fourth-order valence-corrected chi connectivity index (χ4v) is 3.91. The molecule has 4 rings (SSSR count). The normalized spacial score (nSPS) is 37.1. The minimum atomic E-state index is 0.610. The van der Waals surface area contributed by atoms with Crippen LogP contribution in [0.3, 0.4) is 0 Å². The van der Waals surface area contributed by atoms with Crippen LogP contribution >= 0.6 is 0 Å². The third-order valence-electron chi connectivity index (χ3n) is 5.09. The van der Waals surface area contributed by atoms with Gasteiger partial charge in [-0.2, -0.15) is 0 Å². The molecule has 0 aromatic heterocycles. The van der Waals surface area contributed by atoms with E-state index in [1.165, 1.54) is 19.3 Å². The first-order chi connectivity index (χ1) is 7.19. The lowest BCUT2D eigenvalue weighted by atomic mass is 9.45. The van der Waals surface area contributed by atoms with Gasteiger partial charge in [0.1, 0.15) is 0 Å². The Morgan fingerprint density at radius 3 is 2.40 bits per heavy atom. The van der Waals surface area contributed by atoms with E-state index in [1.54, 1.807) is 5.56 Å². The highest BCUT2D eigenvalue weighted by molar-refractivity contribution is 5.24. The SMILES string of the molecule is CC1(C)C2CC[C@H](c3ccccc3)C1C2. The Labute approximate surface area is 92.7 Å². The van der Waals surface area contributed by atoms with E-state index in [0.717, 1.165) is 17.8 Å². The highest BCUT2D eigenvalue weighted by Crippen LogP contribution is 2.63. The topological polar surface area (TPSA) is 0 Å². The van der Waals surface area contributed by atoms with Crippen molar-refractivity contribution in [2.45, 2.75) is 39.0 Å². The molecule has 0 amide bonds. The largest absolute Gasteiger partial charge is 0.0622 e. The van der Waals surface area contributed by atoms with E-state index in [9.17, 15) is 0 Å². The molecule has 3 saturated carbocycles. The quantitative estimate of drug-likeness (QED) is 0.636. The number of benzene rings is 1. The van der Waals surface area contributed by atoms with Gasteiger partial charge in [-0.3, -0.25) is 0 Å². The number of hydrogen-bond donors (Lipinski definition) is 0. The Balaban J connectivity index is 1.89. The molecule has 80 valence electrons. The van der Waals surface area contributed by atoms with Crippen molar-refractivity contribution in [1.82, 2.24) is 0 Å². The molecule has 3 aliphatic carbocycles. The van der Waals surface area contributed by atoms with Crippen LogP contribution in [0.2, 0.25) is 0 Å². The van der Waals surface area contributed by atoms with Gasteiger partial charge in [0, 0.05) is 0 Å². The summed E-state index contributed by atoms with van der Waals surface area (Å²) in [5.41, 5.74) is 2.19. The lowest BCUT2D eigenvalue weighted by Gasteiger charge is -2.60. The summed E-state index contributed by atoms with van der Waals surface area (Å²) in [6.45, 7) is 4.95. The fourth-order valence-electron chi connectivity index (χ4n) is 3.91. The molecule has 1 aromatic rings. The molecule has 3 fully saturated rings. The molecule has 0 N–H and O–H groups in total. The van der Waals surface area contributed by atoms with Gasteiger partial charge in [0.25, 0.3) is 0 Å². The van der Waals surface area contributed by atoms with E-state index >= 15 is 0 Å². The average Bonchev–Trinajstić information content (AvgIpc) is 2.30. The Bertz CT molecular complexity index is 348. The van der Waals surface area contributed by atoms with Crippen molar-refractivity contribution in [3.63, 3.8) is 0 Å². The maximum Gasteiger partial charge on any atom is -0.0128 e. The number of hydrogen-bond acceptors (Lipinski definition) is 0. The van der Waals surface area contributed by atoms with Gasteiger partial charge >= 0.3 is 0 Å². The highest BCUT2D eigenvalue weighted by atomic mass is 14.6. The van der Waals surface area contributed by atoms with Crippen LogP contribution < -0.4 is 0 Å².